The highest BCUT2D eigenvalue weighted by Gasteiger charge is 2.28. The molecule has 1 N–H and O–H groups in total. The van der Waals surface area contributed by atoms with Crippen LogP contribution >= 0.6 is 0 Å². The molecule has 1 aliphatic rings. The second-order valence-corrected chi connectivity index (χ2v) is 6.30. The van der Waals surface area contributed by atoms with Gasteiger partial charge in [-0.25, -0.2) is 0 Å². The maximum absolute atomic E-state index is 12.9. The Bertz CT molecular complexity index is 949. The van der Waals surface area contributed by atoms with Crippen LogP contribution in [0.3, 0.4) is 0 Å². The van der Waals surface area contributed by atoms with E-state index in [0.29, 0.717) is 18.2 Å². The lowest BCUT2D eigenvalue weighted by atomic mass is 9.97. The number of amides is 1. The van der Waals surface area contributed by atoms with Gasteiger partial charge in [-0.05, 0) is 43.5 Å². The minimum atomic E-state index is -0.632. The fourth-order valence-electron chi connectivity index (χ4n) is 3.07. The van der Waals surface area contributed by atoms with Gasteiger partial charge in [0, 0.05) is 6.07 Å². The van der Waals surface area contributed by atoms with E-state index >= 15 is 0 Å². The van der Waals surface area contributed by atoms with Crippen molar-refractivity contribution >= 4 is 11.7 Å². The number of fused-ring (bicyclic) bond motifs is 1. The molecule has 1 amide bonds. The molecule has 1 aliphatic heterocycles. The summed E-state index contributed by atoms with van der Waals surface area (Å²) in [5.74, 6) is 0.861. The number of nitrogens with one attached hydrogen (secondary N) is 1. The molecule has 0 bridgehead atoms. The Balaban J connectivity index is 1.62. The summed E-state index contributed by atoms with van der Waals surface area (Å²) in [6.45, 7) is 4.25. The predicted octanol–water partition coefficient (Wildman–Crippen LogP) is 2.53. The van der Waals surface area contributed by atoms with Gasteiger partial charge in [-0.1, -0.05) is 24.3 Å². The number of nitrogens with zero attached hydrogens (tertiary/aromatic N) is 4. The number of benzene rings is 1. The Morgan fingerprint density at radius 1 is 1.15 bits per heavy atom. The van der Waals surface area contributed by atoms with Crippen molar-refractivity contribution < 1.29 is 9.53 Å². The molecule has 0 saturated carbocycles. The van der Waals surface area contributed by atoms with Gasteiger partial charge in [-0.15, -0.1) is 5.10 Å². The largest absolute Gasteiger partial charge is 0.363 e. The van der Waals surface area contributed by atoms with E-state index in [0.717, 1.165) is 28.9 Å². The average Bonchev–Trinajstić information content (AvgIpc) is 3.02. The molecule has 1 aromatic carbocycles. The number of rotatable bonds is 3. The lowest BCUT2D eigenvalue weighted by molar-refractivity contribution is -0.128. The number of carbonyl (C=O) groups is 1. The third-order valence-electron chi connectivity index (χ3n) is 4.32. The zero-order chi connectivity index (χ0) is 18.1. The fourth-order valence-corrected chi connectivity index (χ4v) is 3.07. The van der Waals surface area contributed by atoms with Crippen LogP contribution in [0.25, 0.3) is 5.82 Å². The fraction of sp³-hybridized carbons (Fsp3) is 0.263. The van der Waals surface area contributed by atoms with Crippen molar-refractivity contribution in [2.24, 2.45) is 0 Å². The number of ether oxygens (including phenoxy) is 1. The maximum Gasteiger partial charge on any atom is 0.259 e. The van der Waals surface area contributed by atoms with Gasteiger partial charge in [-0.2, -0.15) is 14.9 Å². The van der Waals surface area contributed by atoms with Crippen LogP contribution in [0.15, 0.2) is 42.5 Å². The van der Waals surface area contributed by atoms with Crippen LogP contribution < -0.4 is 5.32 Å². The van der Waals surface area contributed by atoms with Gasteiger partial charge in [0.1, 0.15) is 5.82 Å². The highest BCUT2D eigenvalue weighted by atomic mass is 16.5. The molecule has 26 heavy (non-hydrogen) atoms. The molecule has 7 heteroatoms. The molecule has 7 nitrogen and oxygen atoms in total. The Labute approximate surface area is 151 Å². The van der Waals surface area contributed by atoms with Gasteiger partial charge >= 0.3 is 0 Å². The van der Waals surface area contributed by atoms with Gasteiger partial charge in [0.2, 0.25) is 0 Å². The minimum absolute atomic E-state index is 0.224. The van der Waals surface area contributed by atoms with Gasteiger partial charge in [0.05, 0.1) is 18.0 Å². The molecule has 1 atom stereocenters. The smallest absolute Gasteiger partial charge is 0.259 e. The second-order valence-electron chi connectivity index (χ2n) is 6.30. The summed E-state index contributed by atoms with van der Waals surface area (Å²) in [4.78, 5) is 12.9. The number of hydrogen-bond acceptors (Lipinski definition) is 5. The Kier molecular flexibility index (Phi) is 4.22. The van der Waals surface area contributed by atoms with Gasteiger partial charge < -0.3 is 10.1 Å². The normalized spacial score (nSPS) is 16.2. The molecule has 0 fully saturated rings. The maximum atomic E-state index is 12.9. The number of aromatic nitrogens is 4. The molecule has 0 saturated heterocycles. The van der Waals surface area contributed by atoms with E-state index < -0.39 is 6.10 Å². The molecule has 0 radical (unpaired) electrons. The molecule has 2 aromatic heterocycles. The van der Waals surface area contributed by atoms with Crippen LogP contribution in [-0.2, 0) is 16.0 Å². The van der Waals surface area contributed by atoms with E-state index in [4.69, 9.17) is 4.74 Å². The monoisotopic (exact) mass is 349 g/mol. The van der Waals surface area contributed by atoms with E-state index in [2.05, 4.69) is 20.6 Å². The SMILES string of the molecule is Cc1ccc(-n2nc(C)cc2NC(=O)[C@H]2OCCc3ccccc32)nn1. The molecular formula is C19H19N5O2. The molecule has 4 rings (SSSR count). The molecule has 0 spiro atoms. The average molecular weight is 349 g/mol. The van der Waals surface area contributed by atoms with Crippen molar-refractivity contribution in [1.29, 1.82) is 0 Å². The van der Waals surface area contributed by atoms with E-state index in [1.54, 1.807) is 10.7 Å². The van der Waals surface area contributed by atoms with Gasteiger partial charge in [-0.3, -0.25) is 4.79 Å². The van der Waals surface area contributed by atoms with E-state index in [1.165, 1.54) is 0 Å². The van der Waals surface area contributed by atoms with Crippen molar-refractivity contribution in [3.63, 3.8) is 0 Å². The highest BCUT2D eigenvalue weighted by molar-refractivity contribution is 5.94. The second kappa shape index (κ2) is 6.68. The van der Waals surface area contributed by atoms with Crippen LogP contribution in [0.2, 0.25) is 0 Å². The summed E-state index contributed by atoms with van der Waals surface area (Å²) in [6, 6.07) is 13.3. The van der Waals surface area contributed by atoms with E-state index in [9.17, 15) is 4.79 Å². The van der Waals surface area contributed by atoms with Crippen LogP contribution in [0.5, 0.6) is 0 Å². The summed E-state index contributed by atoms with van der Waals surface area (Å²) in [5.41, 5.74) is 3.64. The van der Waals surface area contributed by atoms with E-state index in [1.807, 2.05) is 50.2 Å². The first-order valence-corrected chi connectivity index (χ1v) is 8.49. The molecule has 3 heterocycles. The molecule has 0 aliphatic carbocycles. The summed E-state index contributed by atoms with van der Waals surface area (Å²) in [6.07, 6.45) is 0.184. The topological polar surface area (TPSA) is 81.9 Å². The summed E-state index contributed by atoms with van der Waals surface area (Å²) < 4.78 is 7.31. The van der Waals surface area contributed by atoms with Crippen LogP contribution in [-0.4, -0.2) is 32.5 Å². The zero-order valence-corrected chi connectivity index (χ0v) is 14.6. The molecule has 132 valence electrons. The Morgan fingerprint density at radius 3 is 2.81 bits per heavy atom. The summed E-state index contributed by atoms with van der Waals surface area (Å²) >= 11 is 0. The van der Waals surface area contributed by atoms with Crippen LogP contribution in [0.4, 0.5) is 5.82 Å². The Morgan fingerprint density at radius 2 is 2.00 bits per heavy atom. The van der Waals surface area contributed by atoms with E-state index in [-0.39, 0.29) is 5.91 Å². The molecule has 3 aromatic rings. The van der Waals surface area contributed by atoms with Gasteiger partial charge in [0.25, 0.3) is 5.91 Å². The first kappa shape index (κ1) is 16.4. The quantitative estimate of drug-likeness (QED) is 0.786. The predicted molar refractivity (Wildman–Crippen MR) is 96.1 cm³/mol. The van der Waals surface area contributed by atoms with Crippen molar-refractivity contribution in [1.82, 2.24) is 20.0 Å². The summed E-state index contributed by atoms with van der Waals surface area (Å²) in [5, 5.41) is 15.5. The highest BCUT2D eigenvalue weighted by Crippen LogP contribution is 2.28. The number of aryl methyl sites for hydroxylation is 2. The third kappa shape index (κ3) is 3.09. The number of anilines is 1. The first-order valence-electron chi connectivity index (χ1n) is 8.49. The van der Waals surface area contributed by atoms with Crippen LogP contribution in [0, 0.1) is 13.8 Å². The van der Waals surface area contributed by atoms with Gasteiger partial charge in [0.15, 0.2) is 11.9 Å². The third-order valence-corrected chi connectivity index (χ3v) is 4.32. The Hall–Kier alpha value is -3.06. The number of hydrogen-bond donors (Lipinski definition) is 1. The van der Waals surface area contributed by atoms with Crippen molar-refractivity contribution in [2.45, 2.75) is 26.4 Å². The summed E-state index contributed by atoms with van der Waals surface area (Å²) in [7, 11) is 0. The lowest BCUT2D eigenvalue weighted by Gasteiger charge is -2.25. The lowest BCUT2D eigenvalue weighted by Crippen LogP contribution is -2.29. The molecular weight excluding hydrogens is 330 g/mol. The van der Waals surface area contributed by atoms with Crippen LogP contribution in [0.1, 0.15) is 28.6 Å². The number of carbonyl (C=O) groups excluding carboxylic acids is 1. The standard InChI is InChI=1S/C19H19N5O2/c1-12-7-8-16(22-21-12)24-17(11-13(2)23-24)20-19(25)18-15-6-4-3-5-14(15)9-10-26-18/h3-8,11,18H,9-10H2,1-2H3,(H,20,25)/t18-/m0/s1. The first-order chi connectivity index (χ1) is 12.6. The van der Waals surface area contributed by atoms with Crippen molar-refractivity contribution in [3.05, 3.63) is 65.0 Å². The minimum Gasteiger partial charge on any atom is -0.363 e. The van der Waals surface area contributed by atoms with Crippen molar-refractivity contribution in [3.8, 4) is 5.82 Å². The zero-order valence-electron chi connectivity index (χ0n) is 14.6. The van der Waals surface area contributed by atoms with Crippen molar-refractivity contribution in [2.75, 3.05) is 11.9 Å². The molecule has 0 unspecified atom stereocenters.